The van der Waals surface area contributed by atoms with E-state index in [0.29, 0.717) is 0 Å². The lowest BCUT2D eigenvalue weighted by Crippen LogP contribution is -2.31. The summed E-state index contributed by atoms with van der Waals surface area (Å²) in [6.07, 6.45) is 5.58. The SMILES string of the molecule is c1ccc(C(Cc2noc(CCN3CCCCC3)n2)c2ccccc2)cc1. The Balaban J connectivity index is 1.45. The van der Waals surface area contributed by atoms with Crippen molar-refractivity contribution in [3.8, 4) is 0 Å². The molecule has 4 rings (SSSR count). The number of benzene rings is 2. The molecule has 1 aromatic heterocycles. The maximum absolute atomic E-state index is 5.54. The van der Waals surface area contributed by atoms with Gasteiger partial charge in [0.25, 0.3) is 0 Å². The van der Waals surface area contributed by atoms with Crippen molar-refractivity contribution in [3.63, 3.8) is 0 Å². The smallest absolute Gasteiger partial charge is 0.227 e. The number of nitrogens with zero attached hydrogens (tertiary/aromatic N) is 3. The number of aromatic nitrogens is 2. The van der Waals surface area contributed by atoms with E-state index in [2.05, 4.69) is 75.7 Å². The molecule has 3 aromatic rings. The molecular formula is C23H27N3O. The lowest BCUT2D eigenvalue weighted by atomic mass is 9.88. The van der Waals surface area contributed by atoms with Crippen LogP contribution in [0.25, 0.3) is 0 Å². The largest absolute Gasteiger partial charge is 0.339 e. The van der Waals surface area contributed by atoms with E-state index in [4.69, 9.17) is 4.52 Å². The fourth-order valence-corrected chi connectivity index (χ4v) is 3.89. The molecule has 0 aliphatic carbocycles. The highest BCUT2D eigenvalue weighted by molar-refractivity contribution is 5.33. The highest BCUT2D eigenvalue weighted by Crippen LogP contribution is 2.27. The summed E-state index contributed by atoms with van der Waals surface area (Å²) >= 11 is 0. The summed E-state index contributed by atoms with van der Waals surface area (Å²) in [5.74, 6) is 1.79. The minimum absolute atomic E-state index is 0.236. The average molecular weight is 361 g/mol. The molecule has 0 unspecified atom stereocenters. The molecule has 0 N–H and O–H groups in total. The Labute approximate surface area is 161 Å². The second kappa shape index (κ2) is 8.96. The molecule has 4 nitrogen and oxygen atoms in total. The molecule has 0 saturated carbocycles. The van der Waals surface area contributed by atoms with Gasteiger partial charge in [0.2, 0.25) is 5.89 Å². The molecule has 0 atom stereocenters. The van der Waals surface area contributed by atoms with Crippen molar-refractivity contribution in [2.75, 3.05) is 19.6 Å². The van der Waals surface area contributed by atoms with Crippen LogP contribution in [-0.2, 0) is 12.8 Å². The van der Waals surface area contributed by atoms with Crippen molar-refractivity contribution in [1.82, 2.24) is 15.0 Å². The van der Waals surface area contributed by atoms with Gasteiger partial charge in [0.1, 0.15) is 0 Å². The van der Waals surface area contributed by atoms with E-state index < -0.39 is 0 Å². The molecule has 0 radical (unpaired) electrons. The van der Waals surface area contributed by atoms with Crippen LogP contribution in [0.1, 0.15) is 48.0 Å². The van der Waals surface area contributed by atoms with Crippen LogP contribution < -0.4 is 0 Å². The van der Waals surface area contributed by atoms with Gasteiger partial charge in [0.15, 0.2) is 5.82 Å². The molecule has 2 aromatic carbocycles. The highest BCUT2D eigenvalue weighted by atomic mass is 16.5. The van der Waals surface area contributed by atoms with Crippen LogP contribution in [0.3, 0.4) is 0 Å². The van der Waals surface area contributed by atoms with Gasteiger partial charge in [-0.25, -0.2) is 0 Å². The molecule has 1 aliphatic rings. The molecule has 27 heavy (non-hydrogen) atoms. The van der Waals surface area contributed by atoms with Gasteiger partial charge in [-0.1, -0.05) is 72.2 Å². The lowest BCUT2D eigenvalue weighted by Gasteiger charge is -2.25. The van der Waals surface area contributed by atoms with Gasteiger partial charge in [-0.15, -0.1) is 0 Å². The predicted molar refractivity (Wildman–Crippen MR) is 107 cm³/mol. The third-order valence-electron chi connectivity index (χ3n) is 5.39. The molecule has 1 fully saturated rings. The van der Waals surface area contributed by atoms with Gasteiger partial charge in [0.05, 0.1) is 0 Å². The summed E-state index contributed by atoms with van der Waals surface area (Å²) in [5.41, 5.74) is 2.56. The number of piperidine rings is 1. The molecule has 1 saturated heterocycles. The molecule has 2 heterocycles. The van der Waals surface area contributed by atoms with E-state index in [0.717, 1.165) is 31.1 Å². The van der Waals surface area contributed by atoms with Crippen molar-refractivity contribution in [1.29, 1.82) is 0 Å². The van der Waals surface area contributed by atoms with Crippen molar-refractivity contribution >= 4 is 0 Å². The van der Waals surface area contributed by atoms with Crippen LogP contribution in [0.5, 0.6) is 0 Å². The second-order valence-electron chi connectivity index (χ2n) is 7.33. The number of hydrogen-bond donors (Lipinski definition) is 0. The first kappa shape index (κ1) is 17.9. The Kier molecular flexibility index (Phi) is 5.95. The van der Waals surface area contributed by atoms with Gasteiger partial charge in [-0.3, -0.25) is 0 Å². The summed E-state index contributed by atoms with van der Waals surface area (Å²) in [5, 5.41) is 4.27. The Morgan fingerprint density at radius 3 is 2.11 bits per heavy atom. The van der Waals surface area contributed by atoms with E-state index in [1.54, 1.807) is 0 Å². The molecule has 4 heteroatoms. The van der Waals surface area contributed by atoms with Gasteiger partial charge < -0.3 is 9.42 Å². The van der Waals surface area contributed by atoms with Crippen LogP contribution in [0.4, 0.5) is 0 Å². The molecule has 140 valence electrons. The summed E-state index contributed by atoms with van der Waals surface area (Å²) < 4.78 is 5.54. The fourth-order valence-electron chi connectivity index (χ4n) is 3.89. The zero-order valence-electron chi connectivity index (χ0n) is 15.8. The number of likely N-dealkylation sites (tertiary alicyclic amines) is 1. The topological polar surface area (TPSA) is 42.2 Å². The predicted octanol–water partition coefficient (Wildman–Crippen LogP) is 4.47. The second-order valence-corrected chi connectivity index (χ2v) is 7.33. The third-order valence-corrected chi connectivity index (χ3v) is 5.39. The van der Waals surface area contributed by atoms with Gasteiger partial charge in [0, 0.05) is 25.3 Å². The Bertz CT molecular complexity index is 770. The first-order chi connectivity index (χ1) is 13.4. The monoisotopic (exact) mass is 361 g/mol. The zero-order valence-corrected chi connectivity index (χ0v) is 15.8. The van der Waals surface area contributed by atoms with Crippen molar-refractivity contribution in [2.45, 2.75) is 38.0 Å². The van der Waals surface area contributed by atoms with E-state index in [9.17, 15) is 0 Å². The van der Waals surface area contributed by atoms with Crippen molar-refractivity contribution < 1.29 is 4.52 Å². The Morgan fingerprint density at radius 2 is 1.48 bits per heavy atom. The van der Waals surface area contributed by atoms with E-state index >= 15 is 0 Å². The van der Waals surface area contributed by atoms with Crippen LogP contribution in [0.15, 0.2) is 65.2 Å². The fraction of sp³-hybridized carbons (Fsp3) is 0.391. The molecule has 0 spiro atoms. The van der Waals surface area contributed by atoms with Gasteiger partial charge in [-0.2, -0.15) is 4.98 Å². The minimum atomic E-state index is 0.236. The minimum Gasteiger partial charge on any atom is -0.339 e. The van der Waals surface area contributed by atoms with Crippen molar-refractivity contribution in [3.05, 3.63) is 83.5 Å². The van der Waals surface area contributed by atoms with Crippen LogP contribution >= 0.6 is 0 Å². The Morgan fingerprint density at radius 1 is 0.852 bits per heavy atom. The summed E-state index contributed by atoms with van der Waals surface area (Å²) in [4.78, 5) is 7.19. The van der Waals surface area contributed by atoms with Crippen molar-refractivity contribution in [2.24, 2.45) is 0 Å². The third kappa shape index (κ3) is 4.83. The summed E-state index contributed by atoms with van der Waals surface area (Å²) in [6, 6.07) is 21.2. The number of hydrogen-bond acceptors (Lipinski definition) is 4. The van der Waals surface area contributed by atoms with E-state index in [1.165, 1.54) is 43.5 Å². The van der Waals surface area contributed by atoms with Crippen LogP contribution in [-0.4, -0.2) is 34.7 Å². The average Bonchev–Trinajstić information content (AvgIpc) is 3.20. The number of rotatable bonds is 7. The van der Waals surface area contributed by atoms with E-state index in [-0.39, 0.29) is 5.92 Å². The quantitative estimate of drug-likeness (QED) is 0.622. The summed E-state index contributed by atoms with van der Waals surface area (Å²) in [7, 11) is 0. The normalized spacial score (nSPS) is 15.3. The maximum Gasteiger partial charge on any atom is 0.227 e. The summed E-state index contributed by atoms with van der Waals surface area (Å²) in [6.45, 7) is 3.42. The maximum atomic E-state index is 5.54. The standard InChI is InChI=1S/C23H27N3O/c1-4-10-19(11-5-1)21(20-12-6-2-7-13-20)18-22-24-23(27-25-22)14-17-26-15-8-3-9-16-26/h1-2,4-7,10-13,21H,3,8-9,14-18H2. The van der Waals surface area contributed by atoms with E-state index in [1.807, 2.05) is 0 Å². The van der Waals surface area contributed by atoms with Gasteiger partial charge >= 0.3 is 0 Å². The molecule has 1 aliphatic heterocycles. The Hall–Kier alpha value is -2.46. The van der Waals surface area contributed by atoms with Gasteiger partial charge in [-0.05, 0) is 37.1 Å². The zero-order chi connectivity index (χ0) is 18.3. The molecule has 0 bridgehead atoms. The first-order valence-electron chi connectivity index (χ1n) is 10.0. The highest BCUT2D eigenvalue weighted by Gasteiger charge is 2.19. The van der Waals surface area contributed by atoms with Crippen LogP contribution in [0, 0.1) is 0 Å². The van der Waals surface area contributed by atoms with Crippen LogP contribution in [0.2, 0.25) is 0 Å². The lowest BCUT2D eigenvalue weighted by molar-refractivity contribution is 0.223. The molecular weight excluding hydrogens is 334 g/mol. The molecule has 0 amide bonds. The first-order valence-corrected chi connectivity index (χ1v) is 10.0.